The second-order valence-electron chi connectivity index (χ2n) is 5.37. The number of nitrogens with zero attached hydrogens (tertiary/aromatic N) is 3. The highest BCUT2D eigenvalue weighted by atomic mass is 32.2. The third-order valence-electron chi connectivity index (χ3n) is 3.90. The van der Waals surface area contributed by atoms with Gasteiger partial charge in [0.05, 0.1) is 5.71 Å². The molecule has 7 heteroatoms. The summed E-state index contributed by atoms with van der Waals surface area (Å²) in [6.07, 6.45) is 1.13. The van der Waals surface area contributed by atoms with Crippen molar-refractivity contribution < 1.29 is 9.21 Å². The van der Waals surface area contributed by atoms with Crippen molar-refractivity contribution in [2.45, 2.75) is 12.8 Å². The number of rotatable bonds is 2. The Morgan fingerprint density at radius 2 is 2.09 bits per heavy atom. The zero-order chi connectivity index (χ0) is 14.9. The number of benzene rings is 1. The largest absolute Gasteiger partial charge is 0.423 e. The molecular formula is C15H16N4O2S. The van der Waals surface area contributed by atoms with Crippen LogP contribution in [0.4, 0.5) is 6.01 Å². The van der Waals surface area contributed by atoms with Crippen molar-refractivity contribution in [3.63, 3.8) is 0 Å². The van der Waals surface area contributed by atoms with E-state index < -0.39 is 0 Å². The van der Waals surface area contributed by atoms with E-state index in [9.17, 15) is 4.79 Å². The fourth-order valence-corrected chi connectivity index (χ4v) is 3.57. The molecule has 114 valence electrons. The highest BCUT2D eigenvalue weighted by Crippen LogP contribution is 2.25. The average molecular weight is 316 g/mol. The van der Waals surface area contributed by atoms with Crippen molar-refractivity contribution in [3.05, 3.63) is 23.8 Å². The molecule has 0 atom stereocenters. The lowest BCUT2D eigenvalue weighted by molar-refractivity contribution is -0.121. The number of fused-ring (bicyclic) bond motifs is 1. The minimum absolute atomic E-state index is 0.0326. The zero-order valence-electron chi connectivity index (χ0n) is 12.0. The Hall–Kier alpha value is -2.02. The van der Waals surface area contributed by atoms with E-state index in [4.69, 9.17) is 4.42 Å². The molecule has 1 aromatic carbocycles. The van der Waals surface area contributed by atoms with Crippen LogP contribution in [0.5, 0.6) is 0 Å². The molecule has 0 bridgehead atoms. The summed E-state index contributed by atoms with van der Waals surface area (Å²) in [4.78, 5) is 17.9. The van der Waals surface area contributed by atoms with Crippen LogP contribution < -0.4 is 10.3 Å². The van der Waals surface area contributed by atoms with E-state index in [0.29, 0.717) is 18.9 Å². The maximum Gasteiger partial charge on any atom is 0.298 e. The van der Waals surface area contributed by atoms with Gasteiger partial charge in [0.15, 0.2) is 5.58 Å². The number of aromatic nitrogens is 1. The standard InChI is InChI=1S/C15H16N4O2S/c20-14-4-3-11(17-18-14)10-1-2-12-13(9-10)21-15(16-12)19-5-7-22-8-6-19/h1-2,9H,3-8H2,(H,18,20). The molecule has 1 N–H and O–H groups in total. The quantitative estimate of drug-likeness (QED) is 0.917. The van der Waals surface area contributed by atoms with Crippen LogP contribution >= 0.6 is 11.8 Å². The van der Waals surface area contributed by atoms with Gasteiger partial charge in [0.25, 0.3) is 6.01 Å². The molecule has 1 aromatic heterocycles. The Balaban J connectivity index is 1.64. The second-order valence-corrected chi connectivity index (χ2v) is 6.60. The first-order chi connectivity index (χ1) is 10.8. The van der Waals surface area contributed by atoms with Crippen LogP contribution in [0.15, 0.2) is 27.7 Å². The average Bonchev–Trinajstić information content (AvgIpc) is 2.99. The summed E-state index contributed by atoms with van der Waals surface area (Å²) in [6.45, 7) is 1.95. The first-order valence-electron chi connectivity index (χ1n) is 7.39. The normalized spacial score (nSPS) is 19.2. The molecule has 0 spiro atoms. The highest BCUT2D eigenvalue weighted by Gasteiger charge is 2.18. The summed E-state index contributed by atoms with van der Waals surface area (Å²) in [5, 5.41) is 4.13. The minimum atomic E-state index is -0.0326. The number of carbonyl (C=O) groups excluding carboxylic acids is 1. The van der Waals surface area contributed by atoms with Gasteiger partial charge in [0, 0.05) is 43.0 Å². The molecule has 6 nitrogen and oxygen atoms in total. The van der Waals surface area contributed by atoms with Crippen LogP contribution in [0.2, 0.25) is 0 Å². The van der Waals surface area contributed by atoms with Crippen LogP contribution in [-0.4, -0.2) is 41.2 Å². The number of thioether (sulfide) groups is 1. The van der Waals surface area contributed by atoms with Gasteiger partial charge in [-0.05, 0) is 12.1 Å². The Morgan fingerprint density at radius 3 is 2.86 bits per heavy atom. The van der Waals surface area contributed by atoms with Gasteiger partial charge < -0.3 is 9.32 Å². The number of hydrogen-bond acceptors (Lipinski definition) is 6. The molecule has 1 amide bonds. The van der Waals surface area contributed by atoms with Crippen LogP contribution in [0.25, 0.3) is 11.1 Å². The fraction of sp³-hybridized carbons (Fsp3) is 0.400. The summed E-state index contributed by atoms with van der Waals surface area (Å²) in [5.74, 6) is 2.19. The molecule has 2 aliphatic heterocycles. The van der Waals surface area contributed by atoms with E-state index >= 15 is 0 Å². The van der Waals surface area contributed by atoms with Gasteiger partial charge in [-0.1, -0.05) is 6.07 Å². The number of carbonyl (C=O) groups is 1. The van der Waals surface area contributed by atoms with Crippen molar-refractivity contribution in [3.8, 4) is 0 Å². The number of hydrazone groups is 1. The number of oxazole rings is 1. The van der Waals surface area contributed by atoms with E-state index in [1.165, 1.54) is 0 Å². The van der Waals surface area contributed by atoms with Crippen molar-refractivity contribution in [2.75, 3.05) is 29.5 Å². The molecule has 22 heavy (non-hydrogen) atoms. The number of hydrogen-bond donors (Lipinski definition) is 1. The van der Waals surface area contributed by atoms with E-state index in [1.54, 1.807) is 0 Å². The van der Waals surface area contributed by atoms with Crippen molar-refractivity contribution in [1.82, 2.24) is 10.4 Å². The molecule has 4 rings (SSSR count). The van der Waals surface area contributed by atoms with Crippen LogP contribution in [-0.2, 0) is 4.79 Å². The van der Waals surface area contributed by atoms with Gasteiger partial charge in [-0.15, -0.1) is 0 Å². The third-order valence-corrected chi connectivity index (χ3v) is 4.84. The lowest BCUT2D eigenvalue weighted by Gasteiger charge is -2.24. The van der Waals surface area contributed by atoms with E-state index in [0.717, 1.165) is 47.0 Å². The third kappa shape index (κ3) is 2.56. The van der Waals surface area contributed by atoms with Crippen LogP contribution in [0.1, 0.15) is 18.4 Å². The van der Waals surface area contributed by atoms with E-state index in [2.05, 4.69) is 20.4 Å². The summed E-state index contributed by atoms with van der Waals surface area (Å²) in [7, 11) is 0. The first kappa shape index (κ1) is 13.6. The van der Waals surface area contributed by atoms with Gasteiger partial charge in [-0.3, -0.25) is 4.79 Å². The predicted molar refractivity (Wildman–Crippen MR) is 87.5 cm³/mol. The number of nitrogens with one attached hydrogen (secondary N) is 1. The van der Waals surface area contributed by atoms with Crippen molar-refractivity contribution in [2.24, 2.45) is 5.10 Å². The van der Waals surface area contributed by atoms with Gasteiger partial charge >= 0.3 is 0 Å². The smallest absolute Gasteiger partial charge is 0.298 e. The molecule has 0 radical (unpaired) electrons. The topological polar surface area (TPSA) is 70.7 Å². The summed E-state index contributed by atoms with van der Waals surface area (Å²) in [5.41, 5.74) is 6.01. The molecule has 0 saturated carbocycles. The molecule has 1 saturated heterocycles. The van der Waals surface area contributed by atoms with Gasteiger partial charge in [-0.25, -0.2) is 5.43 Å². The summed E-state index contributed by atoms with van der Waals surface area (Å²) < 4.78 is 5.92. The molecule has 2 aromatic rings. The van der Waals surface area contributed by atoms with Crippen LogP contribution in [0.3, 0.4) is 0 Å². The molecule has 0 unspecified atom stereocenters. The number of anilines is 1. The monoisotopic (exact) mass is 316 g/mol. The maximum absolute atomic E-state index is 11.2. The van der Waals surface area contributed by atoms with E-state index in [1.807, 2.05) is 30.0 Å². The molecule has 1 fully saturated rings. The van der Waals surface area contributed by atoms with Gasteiger partial charge in [-0.2, -0.15) is 21.8 Å². The minimum Gasteiger partial charge on any atom is -0.423 e. The lowest BCUT2D eigenvalue weighted by Crippen LogP contribution is -2.32. The molecule has 3 heterocycles. The number of amides is 1. The van der Waals surface area contributed by atoms with E-state index in [-0.39, 0.29) is 5.91 Å². The summed E-state index contributed by atoms with van der Waals surface area (Å²) >= 11 is 1.96. The zero-order valence-corrected chi connectivity index (χ0v) is 12.9. The van der Waals surface area contributed by atoms with Crippen molar-refractivity contribution in [1.29, 1.82) is 0 Å². The predicted octanol–water partition coefficient (Wildman–Crippen LogP) is 2.00. The van der Waals surface area contributed by atoms with Gasteiger partial charge in [0.1, 0.15) is 5.52 Å². The summed E-state index contributed by atoms with van der Waals surface area (Å²) in [6, 6.07) is 6.60. The Morgan fingerprint density at radius 1 is 1.23 bits per heavy atom. The SMILES string of the molecule is O=C1CCC(c2ccc3nc(N4CCSCC4)oc3c2)=NN1. The van der Waals surface area contributed by atoms with Gasteiger partial charge in [0.2, 0.25) is 5.91 Å². The molecular weight excluding hydrogens is 300 g/mol. The molecule has 0 aliphatic carbocycles. The van der Waals surface area contributed by atoms with Crippen molar-refractivity contribution >= 4 is 40.5 Å². The van der Waals surface area contributed by atoms with Crippen LogP contribution in [0, 0.1) is 0 Å². The fourth-order valence-electron chi connectivity index (χ4n) is 2.66. The highest BCUT2D eigenvalue weighted by molar-refractivity contribution is 7.99. The Labute approximate surface area is 131 Å². The lowest BCUT2D eigenvalue weighted by atomic mass is 10.0. The Bertz CT molecular complexity index is 749. The Kier molecular flexibility index (Phi) is 3.49. The first-order valence-corrected chi connectivity index (χ1v) is 8.54. The molecule has 2 aliphatic rings. The maximum atomic E-state index is 11.2. The second kappa shape index (κ2) is 5.64.